The van der Waals surface area contributed by atoms with Gasteiger partial charge in [0, 0.05) is 31.9 Å². The molecule has 0 fully saturated rings. The van der Waals surface area contributed by atoms with Crippen LogP contribution in [0.3, 0.4) is 0 Å². The zero-order valence-corrected chi connectivity index (χ0v) is 12.5. The fourth-order valence-corrected chi connectivity index (χ4v) is 2.49. The lowest BCUT2D eigenvalue weighted by Gasteiger charge is -2.17. The largest absolute Gasteiger partial charge is 0.313 e. The second-order valence-electron chi connectivity index (χ2n) is 4.81. The molecule has 0 amide bonds. The van der Waals surface area contributed by atoms with E-state index >= 15 is 0 Å². The summed E-state index contributed by atoms with van der Waals surface area (Å²) in [4.78, 5) is 4.25. The molecule has 1 unspecified atom stereocenters. The summed E-state index contributed by atoms with van der Waals surface area (Å²) in [6.45, 7) is 3.97. The Morgan fingerprint density at radius 1 is 1.37 bits per heavy atom. The first-order chi connectivity index (χ1) is 9.02. The van der Waals surface area contributed by atoms with Crippen LogP contribution in [0.1, 0.15) is 28.6 Å². The highest BCUT2D eigenvalue weighted by molar-refractivity contribution is 6.31. The third-order valence-corrected chi connectivity index (χ3v) is 3.80. The Morgan fingerprint density at radius 3 is 2.63 bits per heavy atom. The molecule has 19 heavy (non-hydrogen) atoms. The third-order valence-electron chi connectivity index (χ3n) is 3.31. The summed E-state index contributed by atoms with van der Waals surface area (Å²) in [5.74, 6) is 0. The van der Waals surface area contributed by atoms with E-state index in [-0.39, 0.29) is 6.04 Å². The molecular weight excluding hydrogens is 260 g/mol. The molecule has 0 aliphatic carbocycles. The van der Waals surface area contributed by atoms with Crippen molar-refractivity contribution in [1.29, 1.82) is 0 Å². The number of likely N-dealkylation sites (N-methyl/N-ethyl adjacent to an activating group) is 1. The molecule has 1 N–H and O–H groups in total. The number of hydrogen-bond acceptors (Lipinski definition) is 3. The van der Waals surface area contributed by atoms with E-state index in [1.54, 1.807) is 0 Å². The second-order valence-corrected chi connectivity index (χ2v) is 5.19. The Balaban J connectivity index is 2.29. The maximum atomic E-state index is 6.31. The van der Waals surface area contributed by atoms with Crippen molar-refractivity contribution in [2.24, 2.45) is 7.05 Å². The zero-order chi connectivity index (χ0) is 14.0. The van der Waals surface area contributed by atoms with Gasteiger partial charge >= 0.3 is 0 Å². The molecule has 102 valence electrons. The van der Waals surface area contributed by atoms with E-state index in [9.17, 15) is 0 Å². The van der Waals surface area contributed by atoms with Gasteiger partial charge in [0.05, 0.1) is 16.4 Å². The molecule has 2 rings (SSSR count). The van der Waals surface area contributed by atoms with Gasteiger partial charge in [0.15, 0.2) is 0 Å². The van der Waals surface area contributed by atoms with Crippen LogP contribution < -0.4 is 5.32 Å². The summed E-state index contributed by atoms with van der Waals surface area (Å²) in [6, 6.07) is 2.32. The molecule has 0 bridgehead atoms. The van der Waals surface area contributed by atoms with Gasteiger partial charge in [0.2, 0.25) is 0 Å². The van der Waals surface area contributed by atoms with E-state index in [4.69, 9.17) is 11.6 Å². The van der Waals surface area contributed by atoms with Crippen LogP contribution >= 0.6 is 11.6 Å². The van der Waals surface area contributed by atoms with Gasteiger partial charge in [0.1, 0.15) is 0 Å². The fourth-order valence-electron chi connectivity index (χ4n) is 2.25. The second kappa shape index (κ2) is 5.72. The molecule has 2 aromatic rings. The molecule has 0 aromatic carbocycles. The highest BCUT2D eigenvalue weighted by Crippen LogP contribution is 2.25. The van der Waals surface area contributed by atoms with Crippen LogP contribution in [0.2, 0.25) is 5.02 Å². The Kier molecular flexibility index (Phi) is 4.22. The van der Waals surface area contributed by atoms with Gasteiger partial charge in [-0.15, -0.1) is 0 Å². The van der Waals surface area contributed by atoms with E-state index in [1.165, 1.54) is 0 Å². The predicted molar refractivity (Wildman–Crippen MR) is 77.4 cm³/mol. The standard InChI is InChI=1S/C14H19ClN4/c1-9-5-11(8-17-7-9)12(16-3)6-13-14(15)10(2)18-19(13)4/h5,7-8,12,16H,6H2,1-4H3. The van der Waals surface area contributed by atoms with Gasteiger partial charge in [0.25, 0.3) is 0 Å². The molecule has 4 nitrogen and oxygen atoms in total. The van der Waals surface area contributed by atoms with Crippen LogP contribution in [0.25, 0.3) is 0 Å². The van der Waals surface area contributed by atoms with Crippen molar-refractivity contribution in [2.45, 2.75) is 26.3 Å². The molecule has 5 heteroatoms. The highest BCUT2D eigenvalue weighted by atomic mass is 35.5. The van der Waals surface area contributed by atoms with Gasteiger partial charge < -0.3 is 5.32 Å². The van der Waals surface area contributed by atoms with Crippen molar-refractivity contribution in [1.82, 2.24) is 20.1 Å². The minimum absolute atomic E-state index is 0.180. The number of hydrogen-bond donors (Lipinski definition) is 1. The lowest BCUT2D eigenvalue weighted by molar-refractivity contribution is 0.559. The van der Waals surface area contributed by atoms with E-state index in [1.807, 2.05) is 45.0 Å². The Labute approximate surface area is 118 Å². The lowest BCUT2D eigenvalue weighted by Crippen LogP contribution is -2.20. The summed E-state index contributed by atoms with van der Waals surface area (Å²) < 4.78 is 1.85. The molecular formula is C14H19ClN4. The van der Waals surface area contributed by atoms with Gasteiger partial charge in [-0.05, 0) is 32.0 Å². The monoisotopic (exact) mass is 278 g/mol. The van der Waals surface area contributed by atoms with Gasteiger partial charge in [-0.3, -0.25) is 9.67 Å². The lowest BCUT2D eigenvalue weighted by atomic mass is 10.0. The normalized spacial score (nSPS) is 12.7. The van der Waals surface area contributed by atoms with Crippen molar-refractivity contribution >= 4 is 11.6 Å². The minimum atomic E-state index is 0.180. The topological polar surface area (TPSA) is 42.7 Å². The molecule has 0 saturated carbocycles. The van der Waals surface area contributed by atoms with Crippen LogP contribution in [-0.4, -0.2) is 21.8 Å². The van der Waals surface area contributed by atoms with Crippen molar-refractivity contribution < 1.29 is 0 Å². The van der Waals surface area contributed by atoms with Gasteiger partial charge in [-0.2, -0.15) is 5.10 Å². The first kappa shape index (κ1) is 14.0. The molecule has 0 spiro atoms. The van der Waals surface area contributed by atoms with Crippen molar-refractivity contribution in [3.8, 4) is 0 Å². The van der Waals surface area contributed by atoms with Gasteiger partial charge in [-0.25, -0.2) is 0 Å². The van der Waals surface area contributed by atoms with Crippen molar-refractivity contribution in [2.75, 3.05) is 7.05 Å². The summed E-state index contributed by atoms with van der Waals surface area (Å²) in [5.41, 5.74) is 4.24. The summed E-state index contributed by atoms with van der Waals surface area (Å²) in [6.07, 6.45) is 4.54. The average molecular weight is 279 g/mol. The first-order valence-electron chi connectivity index (χ1n) is 6.29. The molecule has 0 aliphatic heterocycles. The highest BCUT2D eigenvalue weighted by Gasteiger charge is 2.17. The number of rotatable bonds is 4. The molecule has 1 atom stereocenters. The van der Waals surface area contributed by atoms with Crippen LogP contribution in [0.4, 0.5) is 0 Å². The minimum Gasteiger partial charge on any atom is -0.313 e. The number of halogens is 1. The van der Waals surface area contributed by atoms with Crippen LogP contribution in [0.15, 0.2) is 18.5 Å². The van der Waals surface area contributed by atoms with Crippen LogP contribution in [-0.2, 0) is 13.5 Å². The Hall–Kier alpha value is -1.39. The number of aromatic nitrogens is 3. The molecule has 0 radical (unpaired) electrons. The van der Waals surface area contributed by atoms with Crippen molar-refractivity contribution in [3.05, 3.63) is 46.0 Å². The smallest absolute Gasteiger partial charge is 0.0847 e. The molecule has 2 aromatic heterocycles. The molecule has 2 heterocycles. The van der Waals surface area contributed by atoms with Crippen LogP contribution in [0.5, 0.6) is 0 Å². The quantitative estimate of drug-likeness (QED) is 0.935. The Bertz CT molecular complexity index is 577. The van der Waals surface area contributed by atoms with E-state index in [2.05, 4.69) is 21.5 Å². The molecule has 0 saturated heterocycles. The predicted octanol–water partition coefficient (Wildman–Crippen LogP) is 2.59. The number of aryl methyl sites for hydroxylation is 3. The first-order valence-corrected chi connectivity index (χ1v) is 6.67. The third kappa shape index (κ3) is 2.96. The summed E-state index contributed by atoms with van der Waals surface area (Å²) >= 11 is 6.31. The van der Waals surface area contributed by atoms with Crippen molar-refractivity contribution in [3.63, 3.8) is 0 Å². The number of pyridine rings is 1. The number of nitrogens with zero attached hydrogens (tertiary/aromatic N) is 3. The van der Waals surface area contributed by atoms with E-state index < -0.39 is 0 Å². The van der Waals surface area contributed by atoms with E-state index in [0.717, 1.165) is 34.0 Å². The van der Waals surface area contributed by atoms with Gasteiger partial charge in [-0.1, -0.05) is 17.7 Å². The van der Waals surface area contributed by atoms with E-state index in [0.29, 0.717) is 0 Å². The summed E-state index contributed by atoms with van der Waals surface area (Å²) in [5, 5.41) is 8.42. The zero-order valence-electron chi connectivity index (χ0n) is 11.7. The summed E-state index contributed by atoms with van der Waals surface area (Å²) in [7, 11) is 3.87. The Morgan fingerprint density at radius 2 is 2.11 bits per heavy atom. The number of nitrogens with one attached hydrogen (secondary N) is 1. The average Bonchev–Trinajstić information content (AvgIpc) is 2.61. The fraction of sp³-hybridized carbons (Fsp3) is 0.429. The maximum absolute atomic E-state index is 6.31. The van der Waals surface area contributed by atoms with Crippen LogP contribution in [0, 0.1) is 13.8 Å². The SMILES string of the molecule is CNC(Cc1c(Cl)c(C)nn1C)c1cncc(C)c1. The molecule has 0 aliphatic rings. The maximum Gasteiger partial charge on any atom is 0.0847 e.